The molecule has 4 aromatic rings. The third kappa shape index (κ3) is 3.52. The zero-order valence-electron chi connectivity index (χ0n) is 14.7. The van der Waals surface area contributed by atoms with Gasteiger partial charge >= 0.3 is 0 Å². The molecule has 0 saturated heterocycles. The third-order valence-electron chi connectivity index (χ3n) is 4.31. The van der Waals surface area contributed by atoms with Gasteiger partial charge in [-0.25, -0.2) is 8.91 Å². The minimum absolute atomic E-state index is 0.223. The van der Waals surface area contributed by atoms with Crippen LogP contribution in [0, 0.1) is 5.82 Å². The molecule has 0 spiro atoms. The molecule has 3 heterocycles. The van der Waals surface area contributed by atoms with Crippen LogP contribution in [0.2, 0.25) is 0 Å². The molecule has 0 bridgehead atoms. The van der Waals surface area contributed by atoms with Crippen molar-refractivity contribution in [1.29, 1.82) is 0 Å². The molecule has 140 valence electrons. The largest absolute Gasteiger partial charge is 0.350 e. The van der Waals surface area contributed by atoms with E-state index in [4.69, 9.17) is 0 Å². The fourth-order valence-corrected chi connectivity index (χ4v) is 2.85. The maximum absolute atomic E-state index is 13.1. The molecule has 1 aromatic carbocycles. The molecule has 0 aliphatic carbocycles. The number of nitrogens with zero attached hydrogens (tertiary/aromatic N) is 4. The van der Waals surface area contributed by atoms with Gasteiger partial charge in [0.2, 0.25) is 0 Å². The quantitative estimate of drug-likeness (QED) is 0.578. The van der Waals surface area contributed by atoms with Gasteiger partial charge in [-0.15, -0.1) is 0 Å². The summed E-state index contributed by atoms with van der Waals surface area (Å²) in [4.78, 5) is 28.6. The highest BCUT2D eigenvalue weighted by atomic mass is 19.1. The van der Waals surface area contributed by atoms with Crippen LogP contribution in [0.1, 0.15) is 10.4 Å². The maximum Gasteiger partial charge on any atom is 0.276 e. The summed E-state index contributed by atoms with van der Waals surface area (Å²) < 4.78 is 16.1. The first-order valence-corrected chi connectivity index (χ1v) is 8.65. The second-order valence-corrected chi connectivity index (χ2v) is 6.16. The highest BCUT2D eigenvalue weighted by Crippen LogP contribution is 2.18. The molecule has 0 aliphatic heterocycles. The van der Waals surface area contributed by atoms with Crippen LogP contribution in [0.3, 0.4) is 0 Å². The van der Waals surface area contributed by atoms with Crippen LogP contribution >= 0.6 is 0 Å². The third-order valence-corrected chi connectivity index (χ3v) is 4.31. The molecule has 0 radical (unpaired) electrons. The van der Waals surface area contributed by atoms with Gasteiger partial charge in [0.1, 0.15) is 11.3 Å². The SMILES string of the molecule is O=C(NCCn1ccn2nc(-c3ccc(F)cc3)cc2c1=O)c1cccnc1. The van der Waals surface area contributed by atoms with E-state index >= 15 is 0 Å². The van der Waals surface area contributed by atoms with E-state index in [1.54, 1.807) is 48.9 Å². The predicted molar refractivity (Wildman–Crippen MR) is 101 cm³/mol. The Kier molecular flexibility index (Phi) is 4.67. The number of carbonyl (C=O) groups excluding carboxylic acids is 1. The lowest BCUT2D eigenvalue weighted by Gasteiger charge is -2.07. The first kappa shape index (κ1) is 17.6. The Labute approximate surface area is 159 Å². The number of amides is 1. The molecule has 0 atom stereocenters. The van der Waals surface area contributed by atoms with Gasteiger partial charge in [-0.3, -0.25) is 14.6 Å². The fourth-order valence-electron chi connectivity index (χ4n) is 2.85. The maximum atomic E-state index is 13.1. The number of fused-ring (bicyclic) bond motifs is 1. The second-order valence-electron chi connectivity index (χ2n) is 6.16. The number of halogens is 1. The zero-order valence-corrected chi connectivity index (χ0v) is 14.7. The molecular formula is C20H16FN5O2. The summed E-state index contributed by atoms with van der Waals surface area (Å²) in [5.74, 6) is -0.576. The lowest BCUT2D eigenvalue weighted by atomic mass is 10.1. The van der Waals surface area contributed by atoms with E-state index in [1.807, 2.05) is 0 Å². The van der Waals surface area contributed by atoms with E-state index in [2.05, 4.69) is 15.4 Å². The van der Waals surface area contributed by atoms with Crippen molar-refractivity contribution in [3.05, 3.63) is 89.0 Å². The summed E-state index contributed by atoms with van der Waals surface area (Å²) >= 11 is 0. The van der Waals surface area contributed by atoms with Gasteiger partial charge < -0.3 is 9.88 Å². The van der Waals surface area contributed by atoms with E-state index in [0.717, 1.165) is 5.56 Å². The van der Waals surface area contributed by atoms with Crippen LogP contribution in [-0.4, -0.2) is 31.6 Å². The van der Waals surface area contributed by atoms with Crippen molar-refractivity contribution >= 4 is 11.4 Å². The van der Waals surface area contributed by atoms with Crippen molar-refractivity contribution < 1.29 is 9.18 Å². The van der Waals surface area contributed by atoms with Gasteiger partial charge in [0.15, 0.2) is 0 Å². The summed E-state index contributed by atoms with van der Waals surface area (Å²) in [7, 11) is 0. The van der Waals surface area contributed by atoms with Gasteiger partial charge in [-0.2, -0.15) is 5.10 Å². The minimum atomic E-state index is -0.330. The molecule has 0 saturated carbocycles. The molecule has 1 amide bonds. The molecular weight excluding hydrogens is 361 g/mol. The van der Waals surface area contributed by atoms with E-state index in [9.17, 15) is 14.0 Å². The average Bonchev–Trinajstić information content (AvgIpc) is 3.16. The number of hydrogen-bond donors (Lipinski definition) is 1. The number of rotatable bonds is 5. The molecule has 3 aromatic heterocycles. The lowest BCUT2D eigenvalue weighted by Crippen LogP contribution is -2.31. The highest BCUT2D eigenvalue weighted by Gasteiger charge is 2.10. The lowest BCUT2D eigenvalue weighted by molar-refractivity contribution is 0.0952. The molecule has 1 N–H and O–H groups in total. The summed E-state index contributed by atoms with van der Waals surface area (Å²) in [6.45, 7) is 0.612. The van der Waals surface area contributed by atoms with Crippen LogP contribution in [-0.2, 0) is 6.54 Å². The molecule has 7 nitrogen and oxygen atoms in total. The van der Waals surface area contributed by atoms with E-state index in [1.165, 1.54) is 27.4 Å². The van der Waals surface area contributed by atoms with E-state index < -0.39 is 0 Å². The molecule has 28 heavy (non-hydrogen) atoms. The van der Waals surface area contributed by atoms with Crippen LogP contribution in [0.15, 0.2) is 72.0 Å². The van der Waals surface area contributed by atoms with Crippen molar-refractivity contribution in [1.82, 2.24) is 24.5 Å². The summed E-state index contributed by atoms with van der Waals surface area (Å²) in [6, 6.07) is 11.0. The highest BCUT2D eigenvalue weighted by molar-refractivity contribution is 5.93. The summed E-state index contributed by atoms with van der Waals surface area (Å²) in [6.07, 6.45) is 6.37. The topological polar surface area (TPSA) is 81.3 Å². The summed E-state index contributed by atoms with van der Waals surface area (Å²) in [5.41, 5.74) is 1.95. The molecule has 0 fully saturated rings. The Bertz CT molecular complexity index is 1180. The Balaban J connectivity index is 1.51. The number of carbonyl (C=O) groups is 1. The van der Waals surface area contributed by atoms with E-state index in [0.29, 0.717) is 29.9 Å². The molecule has 4 rings (SSSR count). The number of aromatic nitrogens is 4. The molecule has 0 aliphatic rings. The van der Waals surface area contributed by atoms with Gasteiger partial charge in [0, 0.05) is 43.4 Å². The Morgan fingerprint density at radius 1 is 1.14 bits per heavy atom. The Morgan fingerprint density at radius 3 is 2.71 bits per heavy atom. The first-order chi connectivity index (χ1) is 13.6. The van der Waals surface area contributed by atoms with Gasteiger partial charge in [-0.1, -0.05) is 0 Å². The van der Waals surface area contributed by atoms with Crippen LogP contribution in [0.25, 0.3) is 16.8 Å². The van der Waals surface area contributed by atoms with Crippen molar-refractivity contribution in [2.75, 3.05) is 6.54 Å². The van der Waals surface area contributed by atoms with Crippen molar-refractivity contribution in [3.63, 3.8) is 0 Å². The number of benzene rings is 1. The van der Waals surface area contributed by atoms with Gasteiger partial charge in [0.05, 0.1) is 11.3 Å². The normalized spacial score (nSPS) is 10.9. The number of nitrogens with one attached hydrogen (secondary N) is 1. The fraction of sp³-hybridized carbons (Fsp3) is 0.100. The van der Waals surface area contributed by atoms with Crippen molar-refractivity contribution in [2.24, 2.45) is 0 Å². The average molecular weight is 377 g/mol. The van der Waals surface area contributed by atoms with Crippen LogP contribution < -0.4 is 10.9 Å². The van der Waals surface area contributed by atoms with Crippen molar-refractivity contribution in [2.45, 2.75) is 6.54 Å². The Morgan fingerprint density at radius 2 is 1.96 bits per heavy atom. The predicted octanol–water partition coefficient (Wildman–Crippen LogP) is 2.13. The number of pyridine rings is 1. The van der Waals surface area contributed by atoms with E-state index in [-0.39, 0.29) is 17.3 Å². The second kappa shape index (κ2) is 7.43. The minimum Gasteiger partial charge on any atom is -0.350 e. The Hall–Kier alpha value is -3.81. The monoisotopic (exact) mass is 377 g/mol. The smallest absolute Gasteiger partial charge is 0.276 e. The summed E-state index contributed by atoms with van der Waals surface area (Å²) in [5, 5.41) is 7.13. The van der Waals surface area contributed by atoms with Gasteiger partial charge in [-0.05, 0) is 42.5 Å². The zero-order chi connectivity index (χ0) is 19.5. The standard InChI is InChI=1S/C20H16FN5O2/c21-16-5-3-14(4-6-16)17-12-18-20(28)25(10-11-26(18)24-17)9-8-23-19(27)15-2-1-7-22-13-15/h1-7,10-13H,8-9H2,(H,23,27). The van der Waals surface area contributed by atoms with Crippen LogP contribution in [0.5, 0.6) is 0 Å². The molecule has 0 unspecified atom stereocenters. The van der Waals surface area contributed by atoms with Gasteiger partial charge in [0.25, 0.3) is 11.5 Å². The molecule has 8 heteroatoms. The van der Waals surface area contributed by atoms with Crippen molar-refractivity contribution in [3.8, 4) is 11.3 Å². The first-order valence-electron chi connectivity index (χ1n) is 8.65. The number of hydrogen-bond acceptors (Lipinski definition) is 4. The van der Waals surface area contributed by atoms with Crippen LogP contribution in [0.4, 0.5) is 4.39 Å².